The van der Waals surface area contributed by atoms with E-state index in [0.717, 1.165) is 0 Å². The zero-order chi connectivity index (χ0) is 21.7. The molecule has 12 nitrogen and oxygen atoms in total. The number of amides is 3. The maximum absolute atomic E-state index is 12.6. The molecule has 2 unspecified atom stereocenters. The van der Waals surface area contributed by atoms with Crippen LogP contribution in [-0.2, 0) is 19.2 Å². The average molecular weight is 401 g/mol. The molecule has 0 aliphatic heterocycles. The van der Waals surface area contributed by atoms with Gasteiger partial charge in [-0.1, -0.05) is 13.8 Å². The minimum atomic E-state index is -1.20. The van der Waals surface area contributed by atoms with Crippen LogP contribution < -0.4 is 33.2 Å². The van der Waals surface area contributed by atoms with Gasteiger partial charge in [-0.15, -0.1) is 0 Å². The van der Waals surface area contributed by atoms with E-state index < -0.39 is 42.3 Å². The molecule has 3 amide bonds. The number of hydrogen-bond acceptors (Lipinski definition) is 6. The molecule has 28 heavy (non-hydrogen) atoms. The standard InChI is InChI=1S/C16H31N7O5/c1-9(2)6-11(14(27)21-8-13(25)26)23-15(28)10(22-12(24)7-17)4-3-5-20-16(18)19/h9-11H,3-8,17H2,1-2H3,(H,21,27)(H,22,24)(H,23,28)(H,25,26)(H4,18,19,20). The van der Waals surface area contributed by atoms with Crippen molar-refractivity contribution >= 4 is 29.7 Å². The van der Waals surface area contributed by atoms with Gasteiger partial charge in [-0.05, 0) is 25.2 Å². The lowest BCUT2D eigenvalue weighted by Crippen LogP contribution is -2.55. The number of hydrogen-bond donors (Lipinski definition) is 7. The number of carbonyl (C=O) groups is 4. The summed E-state index contributed by atoms with van der Waals surface area (Å²) in [7, 11) is 0. The molecule has 0 radical (unpaired) electrons. The maximum Gasteiger partial charge on any atom is 0.322 e. The Morgan fingerprint density at radius 1 is 1.04 bits per heavy atom. The summed E-state index contributed by atoms with van der Waals surface area (Å²) in [4.78, 5) is 50.9. The van der Waals surface area contributed by atoms with Crippen molar-refractivity contribution < 1.29 is 24.3 Å². The van der Waals surface area contributed by atoms with Crippen LogP contribution in [0.2, 0.25) is 0 Å². The van der Waals surface area contributed by atoms with E-state index in [0.29, 0.717) is 12.8 Å². The van der Waals surface area contributed by atoms with Crippen LogP contribution in [0.5, 0.6) is 0 Å². The van der Waals surface area contributed by atoms with Crippen molar-refractivity contribution in [1.82, 2.24) is 16.0 Å². The second-order valence-electron chi connectivity index (χ2n) is 6.58. The molecular weight excluding hydrogens is 370 g/mol. The Balaban J connectivity index is 5.08. The zero-order valence-electron chi connectivity index (χ0n) is 16.2. The van der Waals surface area contributed by atoms with E-state index in [1.54, 1.807) is 0 Å². The van der Waals surface area contributed by atoms with E-state index in [9.17, 15) is 19.2 Å². The molecule has 0 saturated heterocycles. The number of aliphatic imine (C=N–C) groups is 1. The van der Waals surface area contributed by atoms with E-state index in [-0.39, 0.29) is 31.4 Å². The molecule has 2 atom stereocenters. The lowest BCUT2D eigenvalue weighted by atomic mass is 10.0. The molecule has 0 rings (SSSR count). The molecule has 12 heteroatoms. The van der Waals surface area contributed by atoms with Gasteiger partial charge in [-0.2, -0.15) is 0 Å². The summed E-state index contributed by atoms with van der Waals surface area (Å²) < 4.78 is 0. The number of rotatable bonds is 13. The molecule has 0 fully saturated rings. The van der Waals surface area contributed by atoms with Crippen LogP contribution in [0.15, 0.2) is 4.99 Å². The Morgan fingerprint density at radius 2 is 1.68 bits per heavy atom. The quantitative estimate of drug-likeness (QED) is 0.0970. The second-order valence-corrected chi connectivity index (χ2v) is 6.58. The van der Waals surface area contributed by atoms with Crippen LogP contribution in [0.4, 0.5) is 0 Å². The summed E-state index contributed by atoms with van der Waals surface area (Å²) >= 11 is 0. The van der Waals surface area contributed by atoms with Crippen LogP contribution >= 0.6 is 0 Å². The first-order chi connectivity index (χ1) is 13.1. The van der Waals surface area contributed by atoms with Gasteiger partial charge in [0.15, 0.2) is 5.96 Å². The smallest absolute Gasteiger partial charge is 0.322 e. The van der Waals surface area contributed by atoms with Gasteiger partial charge in [0, 0.05) is 6.54 Å². The van der Waals surface area contributed by atoms with E-state index in [2.05, 4.69) is 20.9 Å². The van der Waals surface area contributed by atoms with E-state index in [1.165, 1.54) is 0 Å². The highest BCUT2D eigenvalue weighted by atomic mass is 16.4. The predicted molar refractivity (Wildman–Crippen MR) is 103 cm³/mol. The van der Waals surface area contributed by atoms with Crippen molar-refractivity contribution in [3.05, 3.63) is 0 Å². The summed E-state index contributed by atoms with van der Waals surface area (Å²) in [6, 6.07) is -1.88. The third-order valence-electron chi connectivity index (χ3n) is 3.54. The molecule has 160 valence electrons. The van der Waals surface area contributed by atoms with Crippen molar-refractivity contribution in [3.63, 3.8) is 0 Å². The Bertz CT molecular complexity index is 576. The van der Waals surface area contributed by atoms with E-state index in [4.69, 9.17) is 22.3 Å². The fraction of sp³-hybridized carbons (Fsp3) is 0.688. The summed E-state index contributed by atoms with van der Waals surface area (Å²) in [5.74, 6) is -2.95. The highest BCUT2D eigenvalue weighted by Gasteiger charge is 2.27. The first-order valence-corrected chi connectivity index (χ1v) is 8.91. The van der Waals surface area contributed by atoms with Gasteiger partial charge in [-0.25, -0.2) is 0 Å². The fourth-order valence-electron chi connectivity index (χ4n) is 2.29. The van der Waals surface area contributed by atoms with Gasteiger partial charge in [0.1, 0.15) is 18.6 Å². The van der Waals surface area contributed by atoms with E-state index >= 15 is 0 Å². The van der Waals surface area contributed by atoms with Crippen LogP contribution in [0.1, 0.15) is 33.1 Å². The summed E-state index contributed by atoms with van der Waals surface area (Å²) in [5.41, 5.74) is 15.8. The summed E-state index contributed by atoms with van der Waals surface area (Å²) in [6.45, 7) is 3.11. The number of nitrogens with zero attached hydrogens (tertiary/aromatic N) is 1. The van der Waals surface area contributed by atoms with Gasteiger partial charge in [0.2, 0.25) is 17.7 Å². The molecule has 0 bridgehead atoms. The highest BCUT2D eigenvalue weighted by Crippen LogP contribution is 2.07. The third-order valence-corrected chi connectivity index (χ3v) is 3.54. The Kier molecular flexibility index (Phi) is 11.9. The number of carboxylic acids is 1. The number of nitrogens with two attached hydrogens (primary N) is 3. The predicted octanol–water partition coefficient (Wildman–Crippen LogP) is -2.78. The van der Waals surface area contributed by atoms with Gasteiger partial charge < -0.3 is 38.3 Å². The minimum Gasteiger partial charge on any atom is -0.480 e. The Morgan fingerprint density at radius 3 is 2.18 bits per heavy atom. The van der Waals surface area contributed by atoms with Gasteiger partial charge in [0.25, 0.3) is 0 Å². The third kappa shape index (κ3) is 11.7. The SMILES string of the molecule is CC(C)CC(NC(=O)C(CCCN=C(N)N)NC(=O)CN)C(=O)NCC(=O)O. The van der Waals surface area contributed by atoms with Crippen LogP contribution in [0.3, 0.4) is 0 Å². The van der Waals surface area contributed by atoms with Crippen molar-refractivity contribution in [2.75, 3.05) is 19.6 Å². The minimum absolute atomic E-state index is 0.0554. The Hall–Kier alpha value is -2.89. The topological polar surface area (TPSA) is 215 Å². The van der Waals surface area contributed by atoms with Gasteiger partial charge in [0.05, 0.1) is 6.54 Å². The zero-order valence-corrected chi connectivity index (χ0v) is 16.2. The first kappa shape index (κ1) is 25.1. The molecule has 0 aliphatic rings. The van der Waals surface area contributed by atoms with Gasteiger partial charge >= 0.3 is 5.97 Å². The Labute approximate surface area is 163 Å². The molecule has 0 saturated carbocycles. The molecule has 0 aromatic carbocycles. The molecule has 10 N–H and O–H groups in total. The lowest BCUT2D eigenvalue weighted by Gasteiger charge is -2.24. The first-order valence-electron chi connectivity index (χ1n) is 8.91. The van der Waals surface area contributed by atoms with Crippen molar-refractivity contribution in [1.29, 1.82) is 0 Å². The van der Waals surface area contributed by atoms with Crippen molar-refractivity contribution in [3.8, 4) is 0 Å². The fourth-order valence-corrected chi connectivity index (χ4v) is 2.29. The van der Waals surface area contributed by atoms with Crippen LogP contribution in [0.25, 0.3) is 0 Å². The number of aliphatic carboxylic acids is 1. The summed E-state index contributed by atoms with van der Waals surface area (Å²) in [5, 5.41) is 16.0. The number of guanidine groups is 1. The lowest BCUT2D eigenvalue weighted by molar-refractivity contribution is -0.138. The van der Waals surface area contributed by atoms with Crippen LogP contribution in [0, 0.1) is 5.92 Å². The monoisotopic (exact) mass is 401 g/mol. The summed E-state index contributed by atoms with van der Waals surface area (Å²) in [6.07, 6.45) is 0.920. The molecule has 0 aromatic rings. The molecular formula is C16H31N7O5. The number of nitrogens with one attached hydrogen (secondary N) is 3. The maximum atomic E-state index is 12.6. The van der Waals surface area contributed by atoms with Crippen molar-refractivity contribution in [2.45, 2.75) is 45.2 Å². The number of carbonyl (C=O) groups excluding carboxylic acids is 3. The number of carboxylic acid groups (broad SMARTS) is 1. The van der Waals surface area contributed by atoms with Crippen molar-refractivity contribution in [2.24, 2.45) is 28.1 Å². The molecule has 0 spiro atoms. The van der Waals surface area contributed by atoms with E-state index in [1.807, 2.05) is 13.8 Å². The van der Waals surface area contributed by atoms with Crippen LogP contribution in [-0.4, -0.2) is 66.5 Å². The highest BCUT2D eigenvalue weighted by molar-refractivity contribution is 5.93. The largest absolute Gasteiger partial charge is 0.480 e. The molecule has 0 aliphatic carbocycles. The molecule has 0 heterocycles. The second kappa shape index (κ2) is 13.3. The van der Waals surface area contributed by atoms with Gasteiger partial charge in [-0.3, -0.25) is 24.2 Å². The average Bonchev–Trinajstić information content (AvgIpc) is 2.60. The normalized spacial score (nSPS) is 12.6. The molecule has 0 aromatic heterocycles.